The van der Waals surface area contributed by atoms with Crippen LogP contribution >= 0.6 is 11.6 Å². The van der Waals surface area contributed by atoms with Crippen LogP contribution in [0.2, 0.25) is 5.02 Å². The number of nitrogens with one attached hydrogen (secondary N) is 1. The molecule has 2 heterocycles. The number of piperazine rings is 1. The third-order valence-corrected chi connectivity index (χ3v) is 6.41. The third-order valence-electron chi connectivity index (χ3n) is 6.15. The predicted molar refractivity (Wildman–Crippen MR) is 144 cm³/mol. The van der Waals surface area contributed by atoms with Gasteiger partial charge in [0.05, 0.1) is 11.9 Å². The van der Waals surface area contributed by atoms with Crippen molar-refractivity contribution in [2.75, 3.05) is 38.5 Å². The molecule has 1 aliphatic rings. The van der Waals surface area contributed by atoms with E-state index in [4.69, 9.17) is 16.3 Å². The van der Waals surface area contributed by atoms with Crippen LogP contribution in [0.15, 0.2) is 89.9 Å². The number of carbonyl (C=O) groups excluding carboxylic acids is 1. The minimum absolute atomic E-state index is 0.0363. The molecule has 0 atom stereocenters. The van der Waals surface area contributed by atoms with Crippen molar-refractivity contribution in [2.45, 2.75) is 0 Å². The van der Waals surface area contributed by atoms with Gasteiger partial charge in [-0.1, -0.05) is 35.9 Å². The third kappa shape index (κ3) is 5.66. The topological polar surface area (TPSA) is 79.7 Å². The number of carbonyl (C=O) groups is 1. The number of hydrogen-bond acceptors (Lipinski definition) is 6. The van der Waals surface area contributed by atoms with Crippen LogP contribution in [-0.2, 0) is 0 Å². The molecule has 1 fully saturated rings. The number of likely N-dealkylation sites (N-methyl/N-ethyl adjacent to an activating group) is 1. The maximum absolute atomic E-state index is 13.6. The molecule has 37 heavy (non-hydrogen) atoms. The summed E-state index contributed by atoms with van der Waals surface area (Å²) in [5.41, 5.74) is 1.55. The summed E-state index contributed by atoms with van der Waals surface area (Å²) in [5.74, 6) is 0.714. The first kappa shape index (κ1) is 24.5. The summed E-state index contributed by atoms with van der Waals surface area (Å²) in [6.45, 7) is 3.03. The fourth-order valence-corrected chi connectivity index (χ4v) is 4.21. The smallest absolute Gasteiger partial charge is 0.299 e. The lowest BCUT2D eigenvalue weighted by Crippen LogP contribution is -2.47. The van der Waals surface area contributed by atoms with E-state index in [2.05, 4.69) is 15.3 Å². The lowest BCUT2D eigenvalue weighted by Gasteiger charge is -2.32. The second kappa shape index (κ2) is 10.9. The van der Waals surface area contributed by atoms with E-state index in [1.165, 1.54) is 10.9 Å². The van der Waals surface area contributed by atoms with Crippen molar-refractivity contribution in [3.8, 4) is 17.2 Å². The summed E-state index contributed by atoms with van der Waals surface area (Å²) in [4.78, 5) is 30.8. The Morgan fingerprint density at radius 2 is 1.68 bits per heavy atom. The van der Waals surface area contributed by atoms with Gasteiger partial charge in [-0.25, -0.2) is 0 Å². The summed E-state index contributed by atoms with van der Waals surface area (Å²) in [6, 6.07) is 23.1. The zero-order valence-corrected chi connectivity index (χ0v) is 21.1. The van der Waals surface area contributed by atoms with Crippen LogP contribution in [0.25, 0.3) is 5.69 Å². The van der Waals surface area contributed by atoms with Crippen molar-refractivity contribution < 1.29 is 9.53 Å². The SMILES string of the molecule is CN1CCN(C(=O)c2cccc(Nc3c(Oc4ccc(Cl)cc4)cnn(-c4ccccc4)c3=O)c2)CC1. The molecule has 4 aromatic rings. The normalized spacial score (nSPS) is 13.8. The van der Waals surface area contributed by atoms with Crippen molar-refractivity contribution >= 4 is 28.9 Å². The van der Waals surface area contributed by atoms with Crippen LogP contribution in [0.5, 0.6) is 11.5 Å². The molecule has 1 aliphatic heterocycles. The summed E-state index contributed by atoms with van der Waals surface area (Å²) >= 11 is 6.00. The molecule has 0 unspecified atom stereocenters. The molecule has 0 saturated carbocycles. The highest BCUT2D eigenvalue weighted by Crippen LogP contribution is 2.30. The fourth-order valence-electron chi connectivity index (χ4n) is 4.08. The molecule has 1 N–H and O–H groups in total. The minimum Gasteiger partial charge on any atom is -0.453 e. The quantitative estimate of drug-likeness (QED) is 0.397. The van der Waals surface area contributed by atoms with Gasteiger partial charge >= 0.3 is 0 Å². The van der Waals surface area contributed by atoms with Crippen molar-refractivity contribution in [2.24, 2.45) is 0 Å². The first-order valence-corrected chi connectivity index (χ1v) is 12.3. The van der Waals surface area contributed by atoms with Crippen LogP contribution in [-0.4, -0.2) is 58.7 Å². The highest BCUT2D eigenvalue weighted by Gasteiger charge is 2.21. The Balaban J connectivity index is 1.49. The second-order valence-corrected chi connectivity index (χ2v) is 9.23. The zero-order valence-electron chi connectivity index (χ0n) is 20.3. The Labute approximate surface area is 219 Å². The monoisotopic (exact) mass is 515 g/mol. The molecule has 0 radical (unpaired) electrons. The molecule has 0 bridgehead atoms. The van der Waals surface area contributed by atoms with Gasteiger partial charge in [0, 0.05) is 42.5 Å². The van der Waals surface area contributed by atoms with Gasteiger partial charge in [-0.3, -0.25) is 9.59 Å². The van der Waals surface area contributed by atoms with Gasteiger partial charge in [-0.2, -0.15) is 9.78 Å². The average molecular weight is 516 g/mol. The number of rotatable bonds is 6. The average Bonchev–Trinajstić information content (AvgIpc) is 2.93. The molecule has 5 rings (SSSR count). The molecular formula is C28H26ClN5O3. The highest BCUT2D eigenvalue weighted by atomic mass is 35.5. The van der Waals surface area contributed by atoms with E-state index < -0.39 is 5.56 Å². The number of aromatic nitrogens is 2. The van der Waals surface area contributed by atoms with Crippen LogP contribution in [0, 0.1) is 0 Å². The zero-order chi connectivity index (χ0) is 25.8. The molecule has 188 valence electrons. The number of anilines is 2. The molecule has 8 nitrogen and oxygen atoms in total. The summed E-state index contributed by atoms with van der Waals surface area (Å²) in [7, 11) is 2.05. The van der Waals surface area contributed by atoms with Crippen LogP contribution in [0.4, 0.5) is 11.4 Å². The van der Waals surface area contributed by atoms with E-state index in [-0.39, 0.29) is 17.3 Å². The van der Waals surface area contributed by atoms with Gasteiger partial charge < -0.3 is 19.9 Å². The van der Waals surface area contributed by atoms with Crippen molar-refractivity contribution in [1.82, 2.24) is 19.6 Å². The van der Waals surface area contributed by atoms with E-state index in [9.17, 15) is 9.59 Å². The van der Waals surface area contributed by atoms with E-state index in [0.29, 0.717) is 40.8 Å². The van der Waals surface area contributed by atoms with Gasteiger partial charge in [-0.15, -0.1) is 0 Å². The van der Waals surface area contributed by atoms with Crippen LogP contribution < -0.4 is 15.6 Å². The van der Waals surface area contributed by atoms with Gasteiger partial charge in [-0.05, 0) is 61.6 Å². The van der Waals surface area contributed by atoms with Crippen molar-refractivity contribution in [3.63, 3.8) is 0 Å². The maximum atomic E-state index is 13.6. The molecule has 0 spiro atoms. The number of nitrogens with zero attached hydrogens (tertiary/aromatic N) is 4. The Morgan fingerprint density at radius 1 is 0.946 bits per heavy atom. The van der Waals surface area contributed by atoms with Crippen molar-refractivity contribution in [3.05, 3.63) is 106 Å². The first-order valence-electron chi connectivity index (χ1n) is 11.9. The van der Waals surface area contributed by atoms with Crippen LogP contribution in [0.1, 0.15) is 10.4 Å². The number of benzene rings is 3. The van der Waals surface area contributed by atoms with Crippen molar-refractivity contribution in [1.29, 1.82) is 0 Å². The number of hydrogen-bond donors (Lipinski definition) is 1. The predicted octanol–water partition coefficient (Wildman–Crippen LogP) is 4.81. The van der Waals surface area contributed by atoms with Gasteiger partial charge in [0.2, 0.25) is 0 Å². The number of amides is 1. The van der Waals surface area contributed by atoms with Gasteiger partial charge in [0.15, 0.2) is 11.4 Å². The Hall–Kier alpha value is -4.14. The fraction of sp³-hybridized carbons (Fsp3) is 0.179. The van der Waals surface area contributed by atoms with Crippen LogP contribution in [0.3, 0.4) is 0 Å². The lowest BCUT2D eigenvalue weighted by molar-refractivity contribution is 0.0664. The second-order valence-electron chi connectivity index (χ2n) is 8.79. The molecule has 1 aromatic heterocycles. The molecule has 1 saturated heterocycles. The summed E-state index contributed by atoms with van der Waals surface area (Å²) < 4.78 is 7.32. The number of halogens is 1. The number of para-hydroxylation sites is 1. The molecule has 1 amide bonds. The Kier molecular flexibility index (Phi) is 7.20. The Bertz CT molecular complexity index is 1450. The molecule has 0 aliphatic carbocycles. The molecule has 3 aromatic carbocycles. The number of ether oxygens (including phenoxy) is 1. The highest BCUT2D eigenvalue weighted by molar-refractivity contribution is 6.30. The summed E-state index contributed by atoms with van der Waals surface area (Å²) in [6.07, 6.45) is 1.49. The van der Waals surface area contributed by atoms with E-state index in [1.54, 1.807) is 60.7 Å². The van der Waals surface area contributed by atoms with E-state index >= 15 is 0 Å². The molecule has 9 heteroatoms. The summed E-state index contributed by atoms with van der Waals surface area (Å²) in [5, 5.41) is 8.08. The van der Waals surface area contributed by atoms with E-state index in [0.717, 1.165) is 13.1 Å². The first-order chi connectivity index (χ1) is 18.0. The maximum Gasteiger partial charge on any atom is 0.299 e. The largest absolute Gasteiger partial charge is 0.453 e. The standard InChI is InChI=1S/C28H26ClN5O3/c1-32-14-16-33(17-15-32)27(35)20-6-5-7-22(18-20)31-26-25(37-24-12-10-21(29)11-13-24)19-30-34(28(26)36)23-8-3-2-4-9-23/h2-13,18-19,31H,14-17H2,1H3. The van der Waals surface area contributed by atoms with Gasteiger partial charge in [0.25, 0.3) is 11.5 Å². The lowest BCUT2D eigenvalue weighted by atomic mass is 10.1. The van der Waals surface area contributed by atoms with E-state index in [1.807, 2.05) is 30.1 Å². The van der Waals surface area contributed by atoms with Gasteiger partial charge in [0.1, 0.15) is 5.75 Å². The Morgan fingerprint density at radius 3 is 2.41 bits per heavy atom. The molecular weight excluding hydrogens is 490 g/mol. The minimum atomic E-state index is -0.395.